The van der Waals surface area contributed by atoms with Crippen molar-refractivity contribution >= 4 is 29.3 Å². The molecule has 3 aromatic rings. The third-order valence-corrected chi connectivity index (χ3v) is 4.63. The molecule has 1 aromatic heterocycles. The predicted octanol–water partition coefficient (Wildman–Crippen LogP) is 7.43. The smallest absolute Gasteiger partial charge is 0.225 e. The Balaban J connectivity index is 1.64. The molecule has 0 atom stereocenters. The molecule has 0 fully saturated rings. The number of benzene rings is 2. The Hall–Kier alpha value is -2.89. The summed E-state index contributed by atoms with van der Waals surface area (Å²) in [5, 5.41) is 4.46. The maximum absolute atomic E-state index is 6.09. The third-order valence-electron chi connectivity index (χ3n) is 4.32. The normalized spacial score (nSPS) is 10.9. The summed E-state index contributed by atoms with van der Waals surface area (Å²) in [6.07, 6.45) is 6.66. The maximum atomic E-state index is 6.09. The Bertz CT molecular complexity index is 1050. The highest BCUT2D eigenvalue weighted by Gasteiger charge is 2.13. The Morgan fingerprint density at radius 1 is 0.935 bits per heavy atom. The molecule has 0 amide bonds. The number of hydrogen-bond donors (Lipinski definition) is 0. The lowest BCUT2D eigenvalue weighted by Crippen LogP contribution is -1.96. The van der Waals surface area contributed by atoms with Crippen LogP contribution in [0.15, 0.2) is 65.2 Å². The highest BCUT2D eigenvalue weighted by molar-refractivity contribution is 6.55. The van der Waals surface area contributed by atoms with Crippen LogP contribution >= 0.6 is 23.2 Å². The third kappa shape index (κ3) is 6.54. The van der Waals surface area contributed by atoms with Crippen LogP contribution in [0.5, 0.6) is 28.9 Å². The monoisotopic (exact) mass is 458 g/mol. The van der Waals surface area contributed by atoms with Gasteiger partial charge in [0, 0.05) is 7.05 Å². The fourth-order valence-electron chi connectivity index (χ4n) is 2.83. The quantitative estimate of drug-likeness (QED) is 0.334. The van der Waals surface area contributed by atoms with Crippen molar-refractivity contribution in [2.45, 2.75) is 20.3 Å². The standard InChI is InChI=1S/C24H24Cl2N2O3/c1-4-5-6-22-17(2)27-28(3)24(22)31-21-13-11-20(12-14-21)30-19-9-7-18(8-10-19)29-16-15-23(25)26/h5-15H,4,16H2,1-3H3/b6-5-. The van der Waals surface area contributed by atoms with Gasteiger partial charge in [-0.2, -0.15) is 5.10 Å². The molecule has 1 heterocycles. The van der Waals surface area contributed by atoms with Crippen molar-refractivity contribution < 1.29 is 14.2 Å². The summed E-state index contributed by atoms with van der Waals surface area (Å²) in [5.41, 5.74) is 1.91. The van der Waals surface area contributed by atoms with E-state index in [1.807, 2.05) is 68.6 Å². The van der Waals surface area contributed by atoms with E-state index in [9.17, 15) is 0 Å². The number of aryl methyl sites for hydroxylation is 2. The first kappa shape index (κ1) is 22.8. The van der Waals surface area contributed by atoms with E-state index < -0.39 is 0 Å². The predicted molar refractivity (Wildman–Crippen MR) is 126 cm³/mol. The second kappa shape index (κ2) is 10.9. The minimum Gasteiger partial charge on any atom is -0.489 e. The van der Waals surface area contributed by atoms with Gasteiger partial charge in [-0.1, -0.05) is 42.3 Å². The molecule has 0 unspecified atom stereocenters. The summed E-state index contributed by atoms with van der Waals surface area (Å²) in [6.45, 7) is 4.37. The molecule has 31 heavy (non-hydrogen) atoms. The SMILES string of the molecule is CC/C=C\c1c(C)nn(C)c1Oc1ccc(Oc2ccc(OCC=C(Cl)Cl)cc2)cc1. The average Bonchev–Trinajstić information content (AvgIpc) is 3.01. The van der Waals surface area contributed by atoms with E-state index in [-0.39, 0.29) is 4.49 Å². The van der Waals surface area contributed by atoms with Gasteiger partial charge in [-0.05, 0) is 68.0 Å². The van der Waals surface area contributed by atoms with E-state index >= 15 is 0 Å². The summed E-state index contributed by atoms with van der Waals surface area (Å²) in [7, 11) is 1.87. The van der Waals surface area contributed by atoms with Crippen LogP contribution < -0.4 is 14.2 Å². The van der Waals surface area contributed by atoms with Crippen LogP contribution in [-0.4, -0.2) is 16.4 Å². The van der Waals surface area contributed by atoms with E-state index in [2.05, 4.69) is 18.1 Å². The highest BCUT2D eigenvalue weighted by Crippen LogP contribution is 2.31. The lowest BCUT2D eigenvalue weighted by atomic mass is 10.2. The van der Waals surface area contributed by atoms with Crippen LogP contribution in [-0.2, 0) is 7.05 Å². The molecule has 0 spiro atoms. The van der Waals surface area contributed by atoms with Crippen molar-refractivity contribution in [2.24, 2.45) is 7.05 Å². The minimum absolute atomic E-state index is 0.180. The highest BCUT2D eigenvalue weighted by atomic mass is 35.5. The summed E-state index contributed by atoms with van der Waals surface area (Å²) in [5.74, 6) is 3.50. The lowest BCUT2D eigenvalue weighted by Gasteiger charge is -2.10. The molecule has 7 heteroatoms. The van der Waals surface area contributed by atoms with Gasteiger partial charge >= 0.3 is 0 Å². The summed E-state index contributed by atoms with van der Waals surface area (Å²) in [6, 6.07) is 14.7. The first-order chi connectivity index (χ1) is 15.0. The van der Waals surface area contributed by atoms with Crippen LogP contribution in [0.3, 0.4) is 0 Å². The number of aromatic nitrogens is 2. The second-order valence-corrected chi connectivity index (χ2v) is 7.70. The summed E-state index contributed by atoms with van der Waals surface area (Å²) < 4.78 is 19.4. The van der Waals surface area contributed by atoms with Crippen molar-refractivity contribution in [3.8, 4) is 28.9 Å². The first-order valence-electron chi connectivity index (χ1n) is 9.86. The molecular formula is C24H24Cl2N2O3. The number of allylic oxidation sites excluding steroid dienone is 1. The van der Waals surface area contributed by atoms with E-state index in [4.69, 9.17) is 37.4 Å². The molecule has 0 bridgehead atoms. The molecule has 0 radical (unpaired) electrons. The molecule has 0 N–H and O–H groups in total. The fraction of sp³-hybridized carbons (Fsp3) is 0.208. The van der Waals surface area contributed by atoms with E-state index in [1.54, 1.807) is 10.8 Å². The van der Waals surface area contributed by atoms with Gasteiger partial charge in [0.05, 0.1) is 11.3 Å². The van der Waals surface area contributed by atoms with Gasteiger partial charge in [0.2, 0.25) is 5.88 Å². The molecule has 162 valence electrons. The first-order valence-corrected chi connectivity index (χ1v) is 10.6. The van der Waals surface area contributed by atoms with Gasteiger partial charge in [0.1, 0.15) is 34.1 Å². The number of hydrogen-bond acceptors (Lipinski definition) is 4. The van der Waals surface area contributed by atoms with Crippen LogP contribution in [0.4, 0.5) is 0 Å². The minimum atomic E-state index is 0.180. The van der Waals surface area contributed by atoms with Crippen molar-refractivity contribution in [2.75, 3.05) is 6.61 Å². The van der Waals surface area contributed by atoms with Crippen LogP contribution in [0, 0.1) is 6.92 Å². The Kier molecular flexibility index (Phi) is 8.04. The molecular weight excluding hydrogens is 435 g/mol. The van der Waals surface area contributed by atoms with Crippen molar-refractivity contribution in [3.63, 3.8) is 0 Å². The Labute approximate surface area is 192 Å². The zero-order valence-corrected chi connectivity index (χ0v) is 19.2. The largest absolute Gasteiger partial charge is 0.489 e. The molecule has 0 saturated carbocycles. The molecule has 5 nitrogen and oxygen atoms in total. The topological polar surface area (TPSA) is 45.5 Å². The van der Waals surface area contributed by atoms with Gasteiger partial charge in [0.15, 0.2) is 0 Å². The fourth-order valence-corrected chi connectivity index (χ4v) is 2.96. The molecule has 0 aliphatic rings. The van der Waals surface area contributed by atoms with Crippen LogP contribution in [0.1, 0.15) is 24.6 Å². The van der Waals surface area contributed by atoms with E-state index in [0.29, 0.717) is 35.5 Å². The maximum Gasteiger partial charge on any atom is 0.225 e. The molecule has 3 rings (SSSR count). The molecule has 0 aliphatic heterocycles. The molecule has 2 aromatic carbocycles. The molecule has 0 saturated heterocycles. The average molecular weight is 459 g/mol. The van der Waals surface area contributed by atoms with Crippen molar-refractivity contribution in [1.29, 1.82) is 0 Å². The number of halogens is 2. The number of rotatable bonds is 9. The Morgan fingerprint density at radius 3 is 2.03 bits per heavy atom. The Morgan fingerprint density at radius 2 is 1.48 bits per heavy atom. The second-order valence-electron chi connectivity index (χ2n) is 6.69. The number of nitrogens with zero attached hydrogens (tertiary/aromatic N) is 2. The van der Waals surface area contributed by atoms with Crippen molar-refractivity contribution in [1.82, 2.24) is 9.78 Å². The van der Waals surface area contributed by atoms with Gasteiger partial charge < -0.3 is 14.2 Å². The van der Waals surface area contributed by atoms with E-state index in [0.717, 1.165) is 17.7 Å². The van der Waals surface area contributed by atoms with Crippen LogP contribution in [0.2, 0.25) is 0 Å². The van der Waals surface area contributed by atoms with Crippen molar-refractivity contribution in [3.05, 3.63) is 76.4 Å². The van der Waals surface area contributed by atoms with Crippen LogP contribution in [0.25, 0.3) is 6.08 Å². The number of ether oxygens (including phenoxy) is 3. The molecule has 0 aliphatic carbocycles. The summed E-state index contributed by atoms with van der Waals surface area (Å²) >= 11 is 11.1. The summed E-state index contributed by atoms with van der Waals surface area (Å²) in [4.78, 5) is 0. The van der Waals surface area contributed by atoms with Gasteiger partial charge in [-0.3, -0.25) is 0 Å². The zero-order valence-electron chi connectivity index (χ0n) is 17.6. The van der Waals surface area contributed by atoms with Gasteiger partial charge in [-0.15, -0.1) is 0 Å². The van der Waals surface area contributed by atoms with Gasteiger partial charge in [-0.25, -0.2) is 4.68 Å². The van der Waals surface area contributed by atoms with E-state index in [1.165, 1.54) is 0 Å². The zero-order chi connectivity index (χ0) is 22.2. The lowest BCUT2D eigenvalue weighted by molar-refractivity contribution is 0.362. The van der Waals surface area contributed by atoms with Gasteiger partial charge in [0.25, 0.3) is 0 Å².